The van der Waals surface area contributed by atoms with Gasteiger partial charge < -0.3 is 14.5 Å². The molecule has 1 amide bonds. The molecule has 2 aromatic heterocycles. The number of rotatable bonds is 4. The van der Waals surface area contributed by atoms with Crippen molar-refractivity contribution in [2.24, 2.45) is 0 Å². The maximum absolute atomic E-state index is 13.7. The third-order valence-corrected chi connectivity index (χ3v) is 6.38. The third kappa shape index (κ3) is 3.40. The summed E-state index contributed by atoms with van der Waals surface area (Å²) in [4.78, 5) is 20.7. The maximum Gasteiger partial charge on any atom is 0.241 e. The highest BCUT2D eigenvalue weighted by molar-refractivity contribution is 5.88. The number of carbonyl (C=O) groups excluding carboxylic acids is 1. The Bertz CT molecular complexity index is 1010. The van der Waals surface area contributed by atoms with Gasteiger partial charge in [-0.15, -0.1) is 0 Å². The van der Waals surface area contributed by atoms with Gasteiger partial charge in [-0.2, -0.15) is 0 Å². The van der Waals surface area contributed by atoms with Crippen LogP contribution in [0, 0.1) is 0 Å². The summed E-state index contributed by atoms with van der Waals surface area (Å²) in [7, 11) is 0. The Kier molecular flexibility index (Phi) is 4.83. The molecule has 2 aliphatic rings. The quantitative estimate of drug-likeness (QED) is 0.726. The number of morpholine rings is 1. The Morgan fingerprint density at radius 3 is 2.43 bits per heavy atom. The minimum Gasteiger partial charge on any atom is -0.373 e. The van der Waals surface area contributed by atoms with E-state index in [1.807, 2.05) is 35.0 Å². The normalized spacial score (nSPS) is 23.4. The number of benzene rings is 1. The molecule has 1 saturated heterocycles. The number of nitrogens with zero attached hydrogens (tertiary/aromatic N) is 3. The van der Waals surface area contributed by atoms with Crippen molar-refractivity contribution in [2.45, 2.75) is 51.0 Å². The van der Waals surface area contributed by atoms with Crippen molar-refractivity contribution in [3.8, 4) is 0 Å². The second-order valence-electron chi connectivity index (χ2n) is 8.70. The molecule has 1 fully saturated rings. The van der Waals surface area contributed by atoms with Crippen LogP contribution in [-0.4, -0.2) is 51.0 Å². The zero-order chi connectivity index (χ0) is 20.7. The molecular weight excluding hydrogens is 376 g/mol. The fraction of sp³-hybridized carbons (Fsp3) is 0.417. The van der Waals surface area contributed by atoms with Gasteiger partial charge in [-0.3, -0.25) is 9.69 Å². The molecule has 5 rings (SSSR count). The van der Waals surface area contributed by atoms with E-state index in [1.165, 1.54) is 11.1 Å². The van der Waals surface area contributed by atoms with E-state index in [9.17, 15) is 4.79 Å². The summed E-state index contributed by atoms with van der Waals surface area (Å²) >= 11 is 0. The van der Waals surface area contributed by atoms with Crippen LogP contribution in [0.15, 0.2) is 54.9 Å². The van der Waals surface area contributed by atoms with Crippen molar-refractivity contribution in [1.82, 2.24) is 19.6 Å². The molecule has 1 aromatic carbocycles. The van der Waals surface area contributed by atoms with Crippen LogP contribution in [0.25, 0.3) is 5.65 Å². The van der Waals surface area contributed by atoms with Gasteiger partial charge in [0.1, 0.15) is 11.2 Å². The van der Waals surface area contributed by atoms with Crippen LogP contribution in [0.3, 0.4) is 0 Å². The topological polar surface area (TPSA) is 58.9 Å². The largest absolute Gasteiger partial charge is 0.373 e. The predicted octanol–water partition coefficient (Wildman–Crippen LogP) is 2.60. The molecule has 6 heteroatoms. The van der Waals surface area contributed by atoms with Crippen LogP contribution in [0.2, 0.25) is 0 Å². The minimum atomic E-state index is -0.574. The second kappa shape index (κ2) is 7.52. The lowest BCUT2D eigenvalue weighted by molar-refractivity contribution is -0.144. The Morgan fingerprint density at radius 1 is 1.10 bits per heavy atom. The Morgan fingerprint density at radius 2 is 1.77 bits per heavy atom. The lowest BCUT2D eigenvalue weighted by atomic mass is 9.90. The number of fused-ring (bicyclic) bond motifs is 2. The number of imidazole rings is 1. The number of hydrogen-bond acceptors (Lipinski definition) is 4. The number of aromatic nitrogens is 2. The van der Waals surface area contributed by atoms with E-state index in [0.717, 1.165) is 37.3 Å². The van der Waals surface area contributed by atoms with E-state index in [0.29, 0.717) is 6.54 Å². The highest BCUT2D eigenvalue weighted by Crippen LogP contribution is 2.36. The third-order valence-electron chi connectivity index (χ3n) is 6.38. The molecule has 3 aromatic rings. The van der Waals surface area contributed by atoms with E-state index in [2.05, 4.69) is 53.3 Å². The minimum absolute atomic E-state index is 0.0806. The lowest BCUT2D eigenvalue weighted by Crippen LogP contribution is -2.64. The molecule has 0 radical (unpaired) electrons. The van der Waals surface area contributed by atoms with Crippen LogP contribution in [0.4, 0.5) is 0 Å². The van der Waals surface area contributed by atoms with Gasteiger partial charge in [0.25, 0.3) is 0 Å². The molecule has 3 heterocycles. The molecule has 0 unspecified atom stereocenters. The SMILES string of the molecule is C[C@@H]1CN(C2(C(=O)NCc3cn4ccccc4n3)Cc3ccccc3C2)C[C@H](C)O1. The summed E-state index contributed by atoms with van der Waals surface area (Å²) in [6.45, 7) is 6.13. The Hall–Kier alpha value is -2.70. The standard InChI is InChI=1S/C24H28N4O2/c1-17-14-28(15-18(2)30-17)24(11-19-7-3-4-8-20(19)12-24)23(29)25-13-21-16-27-10-6-5-9-22(27)26-21/h3-10,16-18H,11-15H2,1-2H3,(H,25,29)/t17-,18+. The Balaban J connectivity index is 1.40. The second-order valence-corrected chi connectivity index (χ2v) is 8.70. The number of nitrogens with one attached hydrogen (secondary N) is 1. The smallest absolute Gasteiger partial charge is 0.241 e. The van der Waals surface area contributed by atoms with Crippen molar-refractivity contribution < 1.29 is 9.53 Å². The zero-order valence-corrected chi connectivity index (χ0v) is 17.5. The van der Waals surface area contributed by atoms with Gasteiger partial charge in [0, 0.05) is 38.3 Å². The number of pyridine rings is 1. The zero-order valence-electron chi connectivity index (χ0n) is 17.5. The van der Waals surface area contributed by atoms with Crippen molar-refractivity contribution in [1.29, 1.82) is 0 Å². The van der Waals surface area contributed by atoms with Gasteiger partial charge >= 0.3 is 0 Å². The van der Waals surface area contributed by atoms with Crippen LogP contribution in [-0.2, 0) is 28.9 Å². The van der Waals surface area contributed by atoms with E-state index in [1.54, 1.807) is 0 Å². The first-order valence-electron chi connectivity index (χ1n) is 10.7. The first-order valence-corrected chi connectivity index (χ1v) is 10.7. The van der Waals surface area contributed by atoms with Crippen LogP contribution < -0.4 is 5.32 Å². The van der Waals surface area contributed by atoms with Crippen molar-refractivity contribution >= 4 is 11.6 Å². The first-order chi connectivity index (χ1) is 14.5. The number of ether oxygens (including phenoxy) is 1. The summed E-state index contributed by atoms with van der Waals surface area (Å²) in [6, 6.07) is 14.3. The molecule has 0 saturated carbocycles. The van der Waals surface area contributed by atoms with Gasteiger partial charge in [-0.05, 0) is 37.1 Å². The van der Waals surface area contributed by atoms with Gasteiger partial charge in [-0.25, -0.2) is 4.98 Å². The van der Waals surface area contributed by atoms with E-state index >= 15 is 0 Å². The highest BCUT2D eigenvalue weighted by Gasteiger charge is 2.50. The summed E-state index contributed by atoms with van der Waals surface area (Å²) in [5.74, 6) is 0.0806. The monoisotopic (exact) mass is 404 g/mol. The molecule has 1 aliphatic heterocycles. The fourth-order valence-corrected chi connectivity index (χ4v) is 5.06. The van der Waals surface area contributed by atoms with Gasteiger partial charge in [0.05, 0.1) is 24.4 Å². The number of amides is 1. The summed E-state index contributed by atoms with van der Waals surface area (Å²) in [5.41, 5.74) is 3.72. The predicted molar refractivity (Wildman–Crippen MR) is 115 cm³/mol. The van der Waals surface area contributed by atoms with Crippen molar-refractivity contribution in [3.05, 3.63) is 71.7 Å². The maximum atomic E-state index is 13.7. The molecule has 0 bridgehead atoms. The molecule has 2 atom stereocenters. The number of carbonyl (C=O) groups is 1. The molecule has 1 aliphatic carbocycles. The van der Waals surface area contributed by atoms with E-state index < -0.39 is 5.54 Å². The van der Waals surface area contributed by atoms with Crippen molar-refractivity contribution in [3.63, 3.8) is 0 Å². The van der Waals surface area contributed by atoms with Gasteiger partial charge in [0.15, 0.2) is 0 Å². The molecule has 0 spiro atoms. The van der Waals surface area contributed by atoms with Crippen LogP contribution in [0.1, 0.15) is 30.7 Å². The first kappa shape index (κ1) is 19.3. The fourth-order valence-electron chi connectivity index (χ4n) is 5.06. The summed E-state index contributed by atoms with van der Waals surface area (Å²) in [5, 5.41) is 3.21. The van der Waals surface area contributed by atoms with Crippen LogP contribution in [0.5, 0.6) is 0 Å². The van der Waals surface area contributed by atoms with Gasteiger partial charge in [-0.1, -0.05) is 30.3 Å². The Labute approximate surface area is 176 Å². The van der Waals surface area contributed by atoms with E-state index in [4.69, 9.17) is 4.74 Å². The molecule has 1 N–H and O–H groups in total. The molecule has 6 nitrogen and oxygen atoms in total. The average molecular weight is 405 g/mol. The molecule has 156 valence electrons. The van der Waals surface area contributed by atoms with Gasteiger partial charge in [0.2, 0.25) is 5.91 Å². The van der Waals surface area contributed by atoms with E-state index in [-0.39, 0.29) is 18.1 Å². The molecule has 30 heavy (non-hydrogen) atoms. The van der Waals surface area contributed by atoms with Crippen LogP contribution >= 0.6 is 0 Å². The molecular formula is C24H28N4O2. The average Bonchev–Trinajstić information content (AvgIpc) is 3.33. The summed E-state index contributed by atoms with van der Waals surface area (Å²) < 4.78 is 7.93. The summed E-state index contributed by atoms with van der Waals surface area (Å²) in [6.07, 6.45) is 5.64. The van der Waals surface area contributed by atoms with Crippen molar-refractivity contribution in [2.75, 3.05) is 13.1 Å². The lowest BCUT2D eigenvalue weighted by Gasteiger charge is -2.45. The highest BCUT2D eigenvalue weighted by atomic mass is 16.5. The number of hydrogen-bond donors (Lipinski definition) is 1.